The summed E-state index contributed by atoms with van der Waals surface area (Å²) in [6.07, 6.45) is 2.39. The van der Waals surface area contributed by atoms with Crippen molar-refractivity contribution in [3.63, 3.8) is 0 Å². The third-order valence-electron chi connectivity index (χ3n) is 3.59. The standard InChI is InChI=1S/C13H18FN/c1-9-7-12(15-2)8-13(9)10-3-5-11(14)6-4-10/h3-6,9,12-13,15H,7-8H2,1-2H3. The Balaban J connectivity index is 2.14. The van der Waals surface area contributed by atoms with Crippen molar-refractivity contribution in [2.75, 3.05) is 7.05 Å². The van der Waals surface area contributed by atoms with E-state index < -0.39 is 0 Å². The molecule has 0 bridgehead atoms. The Morgan fingerprint density at radius 1 is 1.20 bits per heavy atom. The summed E-state index contributed by atoms with van der Waals surface area (Å²) in [5.41, 5.74) is 1.28. The van der Waals surface area contributed by atoms with Crippen LogP contribution in [0.3, 0.4) is 0 Å². The number of rotatable bonds is 2. The van der Waals surface area contributed by atoms with Gasteiger partial charge in [0.1, 0.15) is 5.82 Å². The average molecular weight is 207 g/mol. The Hall–Kier alpha value is -0.890. The molecule has 1 saturated carbocycles. The first kappa shape index (κ1) is 10.6. The molecule has 0 radical (unpaired) electrons. The second-order valence-corrected chi connectivity index (χ2v) is 4.59. The van der Waals surface area contributed by atoms with Crippen LogP contribution in [-0.2, 0) is 0 Å². The molecule has 0 spiro atoms. The van der Waals surface area contributed by atoms with Crippen LogP contribution in [0.15, 0.2) is 24.3 Å². The van der Waals surface area contributed by atoms with E-state index >= 15 is 0 Å². The molecule has 1 aliphatic carbocycles. The van der Waals surface area contributed by atoms with Crippen molar-refractivity contribution < 1.29 is 4.39 Å². The van der Waals surface area contributed by atoms with Crippen LogP contribution in [0.25, 0.3) is 0 Å². The lowest BCUT2D eigenvalue weighted by atomic mass is 9.90. The molecular formula is C13H18FN. The van der Waals surface area contributed by atoms with Crippen molar-refractivity contribution >= 4 is 0 Å². The van der Waals surface area contributed by atoms with Crippen LogP contribution in [0, 0.1) is 11.7 Å². The summed E-state index contributed by atoms with van der Waals surface area (Å²) in [4.78, 5) is 0. The molecule has 1 N–H and O–H groups in total. The number of benzene rings is 1. The summed E-state index contributed by atoms with van der Waals surface area (Å²) in [5.74, 6) is 1.13. The molecule has 1 fully saturated rings. The van der Waals surface area contributed by atoms with Crippen molar-refractivity contribution in [1.29, 1.82) is 0 Å². The van der Waals surface area contributed by atoms with E-state index in [1.165, 1.54) is 18.4 Å². The van der Waals surface area contributed by atoms with Crippen LogP contribution in [0.1, 0.15) is 31.2 Å². The molecule has 15 heavy (non-hydrogen) atoms. The monoisotopic (exact) mass is 207 g/mol. The van der Waals surface area contributed by atoms with Gasteiger partial charge in [0.25, 0.3) is 0 Å². The molecular weight excluding hydrogens is 189 g/mol. The van der Waals surface area contributed by atoms with Crippen molar-refractivity contribution in [2.45, 2.75) is 31.7 Å². The highest BCUT2D eigenvalue weighted by Gasteiger charge is 2.31. The van der Waals surface area contributed by atoms with E-state index in [4.69, 9.17) is 0 Å². The third-order valence-corrected chi connectivity index (χ3v) is 3.59. The largest absolute Gasteiger partial charge is 0.317 e. The molecule has 0 heterocycles. The van der Waals surface area contributed by atoms with Gasteiger partial charge >= 0.3 is 0 Å². The topological polar surface area (TPSA) is 12.0 Å². The van der Waals surface area contributed by atoms with E-state index in [0.29, 0.717) is 17.9 Å². The minimum Gasteiger partial charge on any atom is -0.317 e. The van der Waals surface area contributed by atoms with Crippen LogP contribution >= 0.6 is 0 Å². The highest BCUT2D eigenvalue weighted by molar-refractivity contribution is 5.22. The Labute approximate surface area is 90.7 Å². The fourth-order valence-corrected chi connectivity index (χ4v) is 2.66. The van der Waals surface area contributed by atoms with Gasteiger partial charge in [-0.15, -0.1) is 0 Å². The first-order chi connectivity index (χ1) is 7.20. The number of nitrogens with one attached hydrogen (secondary N) is 1. The van der Waals surface area contributed by atoms with E-state index in [2.05, 4.69) is 12.2 Å². The lowest BCUT2D eigenvalue weighted by Crippen LogP contribution is -2.21. The van der Waals surface area contributed by atoms with Crippen LogP contribution < -0.4 is 5.32 Å². The molecule has 1 aromatic carbocycles. The normalized spacial score (nSPS) is 30.7. The predicted molar refractivity (Wildman–Crippen MR) is 60.4 cm³/mol. The zero-order chi connectivity index (χ0) is 10.8. The van der Waals surface area contributed by atoms with Gasteiger partial charge in [0, 0.05) is 6.04 Å². The minimum atomic E-state index is -0.144. The predicted octanol–water partition coefficient (Wildman–Crippen LogP) is 2.93. The molecule has 3 unspecified atom stereocenters. The lowest BCUT2D eigenvalue weighted by molar-refractivity contribution is 0.523. The summed E-state index contributed by atoms with van der Waals surface area (Å²) in [7, 11) is 2.02. The quantitative estimate of drug-likeness (QED) is 0.786. The zero-order valence-electron chi connectivity index (χ0n) is 9.33. The van der Waals surface area contributed by atoms with Gasteiger partial charge in [-0.2, -0.15) is 0 Å². The number of hydrogen-bond donors (Lipinski definition) is 1. The van der Waals surface area contributed by atoms with Crippen LogP contribution in [0.2, 0.25) is 0 Å². The highest BCUT2D eigenvalue weighted by atomic mass is 19.1. The van der Waals surface area contributed by atoms with Gasteiger partial charge in [0.15, 0.2) is 0 Å². The summed E-state index contributed by atoms with van der Waals surface area (Å²) in [5, 5.41) is 3.33. The van der Waals surface area contributed by atoms with Gasteiger partial charge in [0.2, 0.25) is 0 Å². The van der Waals surface area contributed by atoms with Crippen LogP contribution in [-0.4, -0.2) is 13.1 Å². The Bertz CT molecular complexity index is 320. The molecule has 1 aliphatic rings. The molecule has 1 aromatic rings. The van der Waals surface area contributed by atoms with E-state index in [1.807, 2.05) is 19.2 Å². The minimum absolute atomic E-state index is 0.144. The van der Waals surface area contributed by atoms with Gasteiger partial charge in [-0.05, 0) is 49.4 Å². The van der Waals surface area contributed by atoms with E-state index in [0.717, 1.165) is 0 Å². The Kier molecular flexibility index (Phi) is 3.06. The molecule has 3 atom stereocenters. The summed E-state index contributed by atoms with van der Waals surface area (Å²) in [6.45, 7) is 2.28. The second kappa shape index (κ2) is 4.31. The summed E-state index contributed by atoms with van der Waals surface area (Å²) in [6, 6.07) is 7.60. The van der Waals surface area contributed by atoms with Gasteiger partial charge in [-0.1, -0.05) is 19.1 Å². The first-order valence-corrected chi connectivity index (χ1v) is 5.63. The maximum atomic E-state index is 12.8. The van der Waals surface area contributed by atoms with E-state index in [1.54, 1.807) is 12.1 Å². The van der Waals surface area contributed by atoms with Crippen LogP contribution in [0.5, 0.6) is 0 Å². The summed E-state index contributed by atoms with van der Waals surface area (Å²) >= 11 is 0. The SMILES string of the molecule is CNC1CC(C)C(c2ccc(F)cc2)C1. The van der Waals surface area contributed by atoms with E-state index in [-0.39, 0.29) is 5.82 Å². The molecule has 0 aromatic heterocycles. The van der Waals surface area contributed by atoms with Crippen molar-refractivity contribution in [3.8, 4) is 0 Å². The fourth-order valence-electron chi connectivity index (χ4n) is 2.66. The van der Waals surface area contributed by atoms with Crippen molar-refractivity contribution in [1.82, 2.24) is 5.32 Å². The maximum Gasteiger partial charge on any atom is 0.123 e. The Morgan fingerprint density at radius 2 is 1.87 bits per heavy atom. The van der Waals surface area contributed by atoms with Gasteiger partial charge < -0.3 is 5.32 Å². The fraction of sp³-hybridized carbons (Fsp3) is 0.538. The maximum absolute atomic E-state index is 12.8. The number of halogens is 1. The van der Waals surface area contributed by atoms with Gasteiger partial charge in [-0.3, -0.25) is 0 Å². The first-order valence-electron chi connectivity index (χ1n) is 5.63. The molecule has 82 valence electrons. The highest BCUT2D eigenvalue weighted by Crippen LogP contribution is 2.39. The van der Waals surface area contributed by atoms with Gasteiger partial charge in [-0.25, -0.2) is 4.39 Å². The molecule has 0 saturated heterocycles. The molecule has 0 aliphatic heterocycles. The zero-order valence-corrected chi connectivity index (χ0v) is 9.33. The third kappa shape index (κ3) is 2.20. The van der Waals surface area contributed by atoms with Crippen molar-refractivity contribution in [2.24, 2.45) is 5.92 Å². The lowest BCUT2D eigenvalue weighted by Gasteiger charge is -2.15. The Morgan fingerprint density at radius 3 is 2.40 bits per heavy atom. The summed E-state index contributed by atoms with van der Waals surface area (Å²) < 4.78 is 12.8. The van der Waals surface area contributed by atoms with Crippen molar-refractivity contribution in [3.05, 3.63) is 35.6 Å². The molecule has 1 nitrogen and oxygen atoms in total. The smallest absolute Gasteiger partial charge is 0.123 e. The van der Waals surface area contributed by atoms with Crippen LogP contribution in [0.4, 0.5) is 4.39 Å². The molecule has 2 heteroatoms. The number of hydrogen-bond acceptors (Lipinski definition) is 1. The molecule has 0 amide bonds. The van der Waals surface area contributed by atoms with Gasteiger partial charge in [0.05, 0.1) is 0 Å². The van der Waals surface area contributed by atoms with E-state index in [9.17, 15) is 4.39 Å². The molecule has 2 rings (SSSR count). The average Bonchev–Trinajstić information content (AvgIpc) is 2.61. The second-order valence-electron chi connectivity index (χ2n) is 4.59.